The summed E-state index contributed by atoms with van der Waals surface area (Å²) in [7, 11) is 0. The molecular weight excluding hydrogens is 435 g/mol. The van der Waals surface area contributed by atoms with Crippen LogP contribution in [-0.2, 0) is 14.3 Å². The second-order valence-corrected chi connectivity index (χ2v) is 8.24. The van der Waals surface area contributed by atoms with Crippen LogP contribution in [0.15, 0.2) is 54.1 Å². The first-order valence-electron chi connectivity index (χ1n) is 10.6. The zero-order valence-electron chi connectivity index (χ0n) is 17.5. The zero-order chi connectivity index (χ0) is 22.7. The molecule has 0 aliphatic carbocycles. The lowest BCUT2D eigenvalue weighted by molar-refractivity contribution is -0.140. The fourth-order valence-corrected chi connectivity index (χ4v) is 4.42. The van der Waals surface area contributed by atoms with E-state index in [2.05, 4.69) is 4.90 Å². The second kappa shape index (κ2) is 9.81. The molecule has 2 fully saturated rings. The van der Waals surface area contributed by atoms with Crippen molar-refractivity contribution in [3.63, 3.8) is 0 Å². The minimum absolute atomic E-state index is 0.0407. The summed E-state index contributed by atoms with van der Waals surface area (Å²) in [5.41, 5.74) is 0.777. The summed E-state index contributed by atoms with van der Waals surface area (Å²) in [5, 5.41) is 11.4. The predicted octanol–water partition coefficient (Wildman–Crippen LogP) is 3.62. The third kappa shape index (κ3) is 4.55. The highest BCUT2D eigenvalue weighted by molar-refractivity contribution is 6.47. The summed E-state index contributed by atoms with van der Waals surface area (Å²) < 4.78 is 18.7. The van der Waals surface area contributed by atoms with Gasteiger partial charge in [-0.15, -0.1) is 0 Å². The molecule has 0 saturated carbocycles. The van der Waals surface area contributed by atoms with E-state index in [1.807, 2.05) is 0 Å². The van der Waals surface area contributed by atoms with E-state index in [1.54, 1.807) is 24.3 Å². The van der Waals surface area contributed by atoms with Crippen molar-refractivity contribution in [3.05, 3.63) is 76.1 Å². The van der Waals surface area contributed by atoms with Crippen molar-refractivity contribution in [2.45, 2.75) is 12.5 Å². The number of ether oxygens (including phenoxy) is 1. The van der Waals surface area contributed by atoms with Crippen molar-refractivity contribution in [2.75, 3.05) is 39.4 Å². The first-order valence-corrected chi connectivity index (χ1v) is 10.9. The Bertz CT molecular complexity index is 1030. The average molecular weight is 459 g/mol. The number of carbonyl (C=O) groups is 2. The van der Waals surface area contributed by atoms with Crippen molar-refractivity contribution in [3.8, 4) is 0 Å². The highest BCUT2D eigenvalue weighted by atomic mass is 35.5. The van der Waals surface area contributed by atoms with Gasteiger partial charge >= 0.3 is 0 Å². The van der Waals surface area contributed by atoms with E-state index in [1.165, 1.54) is 29.2 Å². The number of halogens is 2. The summed E-state index contributed by atoms with van der Waals surface area (Å²) in [5.74, 6) is -2.26. The molecule has 0 spiro atoms. The number of hydrogen-bond acceptors (Lipinski definition) is 5. The van der Waals surface area contributed by atoms with E-state index in [0.29, 0.717) is 36.8 Å². The largest absolute Gasteiger partial charge is 0.507 e. The minimum atomic E-state index is -0.821. The topological polar surface area (TPSA) is 70.1 Å². The predicted molar refractivity (Wildman–Crippen MR) is 119 cm³/mol. The fourth-order valence-electron chi connectivity index (χ4n) is 4.18. The van der Waals surface area contributed by atoms with Crippen LogP contribution in [0.5, 0.6) is 0 Å². The molecule has 2 aromatic carbocycles. The van der Waals surface area contributed by atoms with Crippen LogP contribution < -0.4 is 0 Å². The van der Waals surface area contributed by atoms with Gasteiger partial charge in [0.15, 0.2) is 0 Å². The van der Waals surface area contributed by atoms with Crippen LogP contribution in [0.2, 0.25) is 5.02 Å². The Labute approximate surface area is 190 Å². The Morgan fingerprint density at radius 1 is 1.06 bits per heavy atom. The van der Waals surface area contributed by atoms with Gasteiger partial charge in [-0.1, -0.05) is 29.8 Å². The van der Waals surface area contributed by atoms with Crippen LogP contribution >= 0.6 is 11.6 Å². The third-order valence-corrected chi connectivity index (χ3v) is 6.18. The van der Waals surface area contributed by atoms with Crippen molar-refractivity contribution in [2.24, 2.45) is 0 Å². The summed E-state index contributed by atoms with van der Waals surface area (Å²) in [4.78, 5) is 29.7. The van der Waals surface area contributed by atoms with Gasteiger partial charge in [-0.25, -0.2) is 4.39 Å². The molecule has 1 amide bonds. The van der Waals surface area contributed by atoms with Crippen molar-refractivity contribution in [1.82, 2.24) is 9.80 Å². The number of morpholine rings is 1. The number of nitrogens with zero attached hydrogens (tertiary/aromatic N) is 2. The summed E-state index contributed by atoms with van der Waals surface area (Å²) in [6, 6.07) is 11.3. The molecule has 2 aromatic rings. The van der Waals surface area contributed by atoms with Crippen LogP contribution in [0.4, 0.5) is 4.39 Å². The molecular formula is C24H24ClFN2O4. The maximum atomic E-state index is 13.4. The van der Waals surface area contributed by atoms with Crippen LogP contribution in [0, 0.1) is 5.82 Å². The zero-order valence-corrected chi connectivity index (χ0v) is 18.2. The molecule has 168 valence electrons. The van der Waals surface area contributed by atoms with E-state index >= 15 is 0 Å². The van der Waals surface area contributed by atoms with E-state index in [4.69, 9.17) is 16.3 Å². The van der Waals surface area contributed by atoms with Gasteiger partial charge in [-0.3, -0.25) is 14.5 Å². The fraction of sp³-hybridized carbons (Fsp3) is 0.333. The Hall–Kier alpha value is -2.74. The standard InChI is InChI=1S/C24H24ClFN2O4/c25-19-5-2-1-4-18(19)21-20(22(29)16-6-8-17(26)9-7-16)23(30)24(31)28(21)11-3-10-27-12-14-32-15-13-27/h1-2,4-9,21,29H,3,10-15H2/b22-20-. The highest BCUT2D eigenvalue weighted by Gasteiger charge is 2.46. The summed E-state index contributed by atoms with van der Waals surface area (Å²) >= 11 is 6.43. The van der Waals surface area contributed by atoms with Crippen molar-refractivity contribution >= 4 is 29.1 Å². The summed E-state index contributed by atoms with van der Waals surface area (Å²) in [6.07, 6.45) is 0.657. The molecule has 1 atom stereocenters. The van der Waals surface area contributed by atoms with Crippen LogP contribution in [0.3, 0.4) is 0 Å². The first kappa shape index (κ1) is 22.5. The van der Waals surface area contributed by atoms with Crippen molar-refractivity contribution < 1.29 is 23.8 Å². The van der Waals surface area contributed by atoms with Crippen LogP contribution in [0.25, 0.3) is 5.76 Å². The monoisotopic (exact) mass is 458 g/mol. The Kier molecular flexibility index (Phi) is 6.89. The lowest BCUT2D eigenvalue weighted by Gasteiger charge is -2.29. The van der Waals surface area contributed by atoms with Crippen LogP contribution in [-0.4, -0.2) is 66.0 Å². The van der Waals surface area contributed by atoms with E-state index in [-0.39, 0.29) is 16.9 Å². The van der Waals surface area contributed by atoms with Gasteiger partial charge in [-0.2, -0.15) is 0 Å². The lowest BCUT2D eigenvalue weighted by Crippen LogP contribution is -2.39. The average Bonchev–Trinajstić information content (AvgIpc) is 3.05. The van der Waals surface area contributed by atoms with Gasteiger partial charge in [-0.05, 0) is 42.3 Å². The molecule has 1 unspecified atom stereocenters. The number of aliphatic hydroxyl groups excluding tert-OH is 1. The van der Waals surface area contributed by atoms with E-state index < -0.39 is 23.5 Å². The molecule has 2 saturated heterocycles. The molecule has 2 aliphatic rings. The molecule has 0 radical (unpaired) electrons. The van der Waals surface area contributed by atoms with Gasteiger partial charge < -0.3 is 14.7 Å². The number of amides is 1. The smallest absolute Gasteiger partial charge is 0.295 e. The molecule has 0 bridgehead atoms. The molecule has 8 heteroatoms. The number of benzene rings is 2. The Morgan fingerprint density at radius 3 is 2.44 bits per heavy atom. The molecule has 4 rings (SSSR count). The second-order valence-electron chi connectivity index (χ2n) is 7.83. The van der Waals surface area contributed by atoms with Gasteiger partial charge in [0.2, 0.25) is 0 Å². The molecule has 32 heavy (non-hydrogen) atoms. The van der Waals surface area contributed by atoms with E-state index in [0.717, 1.165) is 19.6 Å². The number of carbonyl (C=O) groups excluding carboxylic acids is 2. The molecule has 6 nitrogen and oxygen atoms in total. The molecule has 2 aliphatic heterocycles. The SMILES string of the molecule is O=C1C(=O)N(CCCN2CCOCC2)C(c2ccccc2Cl)/C1=C(/O)c1ccc(F)cc1. The third-order valence-electron chi connectivity index (χ3n) is 5.83. The number of rotatable bonds is 6. The first-order chi connectivity index (χ1) is 15.5. The normalized spacial score (nSPS) is 21.3. The number of hydrogen-bond donors (Lipinski definition) is 1. The number of ketones is 1. The Balaban J connectivity index is 1.68. The minimum Gasteiger partial charge on any atom is -0.507 e. The Morgan fingerprint density at radius 2 is 1.75 bits per heavy atom. The summed E-state index contributed by atoms with van der Waals surface area (Å²) in [6.45, 7) is 4.12. The highest BCUT2D eigenvalue weighted by Crippen LogP contribution is 2.41. The maximum Gasteiger partial charge on any atom is 0.295 e. The van der Waals surface area contributed by atoms with Gasteiger partial charge in [0.25, 0.3) is 11.7 Å². The lowest BCUT2D eigenvalue weighted by atomic mass is 9.95. The van der Waals surface area contributed by atoms with Crippen molar-refractivity contribution in [1.29, 1.82) is 0 Å². The van der Waals surface area contributed by atoms with Gasteiger partial charge in [0.1, 0.15) is 11.6 Å². The maximum absolute atomic E-state index is 13.4. The number of likely N-dealkylation sites (tertiary alicyclic amines) is 1. The van der Waals surface area contributed by atoms with Gasteiger partial charge in [0.05, 0.1) is 24.8 Å². The number of Topliss-reactive ketones (excluding diaryl/α,β-unsaturated/α-hetero) is 1. The number of aliphatic hydroxyl groups is 1. The molecule has 2 heterocycles. The van der Waals surface area contributed by atoms with Crippen LogP contribution in [0.1, 0.15) is 23.6 Å². The molecule has 0 aromatic heterocycles. The van der Waals surface area contributed by atoms with Gasteiger partial charge in [0, 0.05) is 36.8 Å². The van der Waals surface area contributed by atoms with E-state index in [9.17, 15) is 19.1 Å². The quantitative estimate of drug-likeness (QED) is 0.407. The molecule has 1 N–H and O–H groups in total.